The van der Waals surface area contributed by atoms with Crippen molar-refractivity contribution < 1.29 is 8.42 Å². The van der Waals surface area contributed by atoms with Crippen LogP contribution in [-0.2, 0) is 10.0 Å². The predicted octanol–water partition coefficient (Wildman–Crippen LogP) is 1.85. The lowest BCUT2D eigenvalue weighted by molar-refractivity contribution is 0.212. The van der Waals surface area contributed by atoms with Gasteiger partial charge in [0.05, 0.1) is 5.75 Å². The van der Waals surface area contributed by atoms with E-state index < -0.39 is 10.0 Å². The molecule has 0 amide bonds. The summed E-state index contributed by atoms with van der Waals surface area (Å²) >= 11 is 0. The van der Waals surface area contributed by atoms with Gasteiger partial charge in [-0.25, -0.2) is 22.7 Å². The Labute approximate surface area is 148 Å². The van der Waals surface area contributed by atoms with Crippen molar-refractivity contribution in [3.05, 3.63) is 35.8 Å². The number of hydrogen-bond donors (Lipinski definition) is 1. The van der Waals surface area contributed by atoms with Crippen LogP contribution >= 0.6 is 0 Å². The average molecular weight is 361 g/mol. The topological polar surface area (TPSA) is 88.1 Å². The van der Waals surface area contributed by atoms with Gasteiger partial charge < -0.3 is 5.32 Å². The first-order valence-corrected chi connectivity index (χ1v) is 9.99. The molecular weight excluding hydrogens is 338 g/mol. The molecule has 1 aliphatic rings. The summed E-state index contributed by atoms with van der Waals surface area (Å²) in [6, 6.07) is 3.79. The number of sulfonamides is 1. The molecule has 1 saturated heterocycles. The van der Waals surface area contributed by atoms with Gasteiger partial charge in [-0.15, -0.1) is 0 Å². The maximum absolute atomic E-state index is 11.8. The van der Waals surface area contributed by atoms with E-state index in [9.17, 15) is 8.42 Å². The number of aromatic nitrogens is 3. The van der Waals surface area contributed by atoms with Gasteiger partial charge in [-0.05, 0) is 32.9 Å². The maximum atomic E-state index is 11.8. The fourth-order valence-corrected chi connectivity index (χ4v) is 3.97. The van der Waals surface area contributed by atoms with Gasteiger partial charge in [0.25, 0.3) is 0 Å². The molecule has 3 heterocycles. The van der Waals surface area contributed by atoms with Crippen LogP contribution in [0, 0.1) is 19.8 Å². The van der Waals surface area contributed by atoms with E-state index in [4.69, 9.17) is 0 Å². The molecular formula is C17H23N5O2S. The lowest BCUT2D eigenvalue weighted by Gasteiger charge is -2.38. The highest BCUT2D eigenvalue weighted by Gasteiger charge is 2.34. The number of nitrogens with one attached hydrogen (secondary N) is 1. The van der Waals surface area contributed by atoms with Crippen LogP contribution in [0.4, 0.5) is 5.82 Å². The minimum absolute atomic E-state index is 0.159. The van der Waals surface area contributed by atoms with E-state index in [0.29, 0.717) is 31.4 Å². The molecule has 25 heavy (non-hydrogen) atoms. The van der Waals surface area contributed by atoms with Crippen molar-refractivity contribution in [1.82, 2.24) is 19.3 Å². The first-order valence-electron chi connectivity index (χ1n) is 8.38. The van der Waals surface area contributed by atoms with Crippen molar-refractivity contribution >= 4 is 15.8 Å². The summed E-state index contributed by atoms with van der Waals surface area (Å²) in [5.41, 5.74) is 2.79. The molecule has 0 unspecified atom stereocenters. The largest absolute Gasteiger partial charge is 0.369 e. The first kappa shape index (κ1) is 17.8. The Hall–Kier alpha value is -2.06. The van der Waals surface area contributed by atoms with E-state index in [2.05, 4.69) is 20.3 Å². The summed E-state index contributed by atoms with van der Waals surface area (Å²) in [7, 11) is -3.06. The zero-order valence-electron chi connectivity index (χ0n) is 14.7. The number of rotatable bonds is 6. The molecule has 0 saturated carbocycles. The third-order valence-corrected chi connectivity index (χ3v) is 6.36. The second kappa shape index (κ2) is 7.05. The molecule has 0 bridgehead atoms. The molecule has 0 aliphatic carbocycles. The molecule has 7 nitrogen and oxygen atoms in total. The summed E-state index contributed by atoms with van der Waals surface area (Å²) < 4.78 is 25.1. The summed E-state index contributed by atoms with van der Waals surface area (Å²) in [4.78, 5) is 13.3. The zero-order valence-corrected chi connectivity index (χ0v) is 15.5. The molecule has 0 atom stereocenters. The minimum Gasteiger partial charge on any atom is -0.369 e. The van der Waals surface area contributed by atoms with Gasteiger partial charge in [0, 0.05) is 54.8 Å². The Balaban J connectivity index is 1.68. The van der Waals surface area contributed by atoms with Gasteiger partial charge in [0.2, 0.25) is 10.0 Å². The molecule has 2 aromatic heterocycles. The number of anilines is 1. The van der Waals surface area contributed by atoms with E-state index in [1.165, 1.54) is 0 Å². The summed E-state index contributed by atoms with van der Waals surface area (Å²) in [6.07, 6.45) is 3.46. The normalized spacial score (nSPS) is 15.8. The molecule has 1 N–H and O–H groups in total. The molecule has 3 rings (SSSR count). The minimum atomic E-state index is -3.06. The molecule has 0 spiro atoms. The SMILES string of the molecule is CCS(=O)(=O)N1CC(CNc2nc(-c3cccnc3)nc(C)c2C)C1. The molecule has 1 aliphatic heterocycles. The molecule has 0 radical (unpaired) electrons. The highest BCUT2D eigenvalue weighted by Crippen LogP contribution is 2.23. The van der Waals surface area contributed by atoms with Crippen molar-refractivity contribution in [2.75, 3.05) is 30.7 Å². The molecule has 0 aromatic carbocycles. The van der Waals surface area contributed by atoms with Crippen molar-refractivity contribution in [1.29, 1.82) is 0 Å². The summed E-state index contributed by atoms with van der Waals surface area (Å²) in [5, 5.41) is 3.36. The maximum Gasteiger partial charge on any atom is 0.213 e. The quantitative estimate of drug-likeness (QED) is 0.845. The highest BCUT2D eigenvalue weighted by atomic mass is 32.2. The zero-order chi connectivity index (χ0) is 18.0. The summed E-state index contributed by atoms with van der Waals surface area (Å²) in [5.74, 6) is 1.90. The number of pyridine rings is 1. The summed E-state index contributed by atoms with van der Waals surface area (Å²) in [6.45, 7) is 7.46. The smallest absolute Gasteiger partial charge is 0.213 e. The van der Waals surface area contributed by atoms with E-state index in [1.54, 1.807) is 23.6 Å². The molecule has 2 aromatic rings. The van der Waals surface area contributed by atoms with Gasteiger partial charge in [-0.3, -0.25) is 4.98 Å². The van der Waals surface area contributed by atoms with Gasteiger partial charge in [-0.2, -0.15) is 0 Å². The van der Waals surface area contributed by atoms with E-state index >= 15 is 0 Å². The second-order valence-electron chi connectivity index (χ2n) is 6.31. The Kier molecular flexibility index (Phi) is 5.01. The average Bonchev–Trinajstić information content (AvgIpc) is 2.57. The van der Waals surface area contributed by atoms with Crippen LogP contribution in [0.5, 0.6) is 0 Å². The van der Waals surface area contributed by atoms with Crippen molar-refractivity contribution in [2.24, 2.45) is 5.92 Å². The lowest BCUT2D eigenvalue weighted by Crippen LogP contribution is -2.52. The highest BCUT2D eigenvalue weighted by molar-refractivity contribution is 7.89. The number of nitrogens with zero attached hydrogens (tertiary/aromatic N) is 4. The third-order valence-electron chi connectivity index (χ3n) is 4.55. The van der Waals surface area contributed by atoms with E-state index in [1.807, 2.05) is 26.0 Å². The van der Waals surface area contributed by atoms with Crippen LogP contribution in [0.2, 0.25) is 0 Å². The van der Waals surface area contributed by atoms with Crippen LogP contribution in [0.1, 0.15) is 18.2 Å². The standard InChI is InChI=1S/C17H23N5O2S/c1-4-25(23,24)22-10-14(11-22)8-19-16-12(2)13(3)20-17(21-16)15-6-5-7-18-9-15/h5-7,9,14H,4,8,10-11H2,1-3H3,(H,19,20,21). The van der Waals surface area contributed by atoms with Gasteiger partial charge in [0.15, 0.2) is 5.82 Å². The monoisotopic (exact) mass is 361 g/mol. The molecule has 1 fully saturated rings. The number of aryl methyl sites for hydroxylation is 1. The van der Waals surface area contributed by atoms with Crippen LogP contribution in [0.25, 0.3) is 11.4 Å². The van der Waals surface area contributed by atoms with Crippen LogP contribution < -0.4 is 5.32 Å². The fourth-order valence-electron chi connectivity index (χ4n) is 2.73. The van der Waals surface area contributed by atoms with Crippen LogP contribution in [-0.4, -0.2) is 53.1 Å². The predicted molar refractivity (Wildman–Crippen MR) is 97.8 cm³/mol. The Morgan fingerprint density at radius 1 is 1.28 bits per heavy atom. The fraction of sp³-hybridized carbons (Fsp3) is 0.471. The van der Waals surface area contributed by atoms with Gasteiger partial charge in [0.1, 0.15) is 5.82 Å². The van der Waals surface area contributed by atoms with E-state index in [-0.39, 0.29) is 5.75 Å². The van der Waals surface area contributed by atoms with Crippen molar-refractivity contribution in [2.45, 2.75) is 20.8 Å². The Morgan fingerprint density at radius 3 is 2.68 bits per heavy atom. The first-order chi connectivity index (χ1) is 11.9. The molecule has 8 heteroatoms. The van der Waals surface area contributed by atoms with E-state index in [0.717, 1.165) is 22.6 Å². The van der Waals surface area contributed by atoms with Crippen molar-refractivity contribution in [3.63, 3.8) is 0 Å². The second-order valence-corrected chi connectivity index (χ2v) is 8.57. The Morgan fingerprint density at radius 2 is 2.04 bits per heavy atom. The van der Waals surface area contributed by atoms with Crippen LogP contribution in [0.3, 0.4) is 0 Å². The number of hydrogen-bond acceptors (Lipinski definition) is 6. The molecule has 134 valence electrons. The van der Waals surface area contributed by atoms with Crippen molar-refractivity contribution in [3.8, 4) is 11.4 Å². The third kappa shape index (κ3) is 3.80. The lowest BCUT2D eigenvalue weighted by atomic mass is 10.0. The van der Waals surface area contributed by atoms with Crippen LogP contribution in [0.15, 0.2) is 24.5 Å². The van der Waals surface area contributed by atoms with Gasteiger partial charge in [-0.1, -0.05) is 0 Å². The Bertz CT molecular complexity index is 849. The van der Waals surface area contributed by atoms with Gasteiger partial charge >= 0.3 is 0 Å².